The van der Waals surface area contributed by atoms with Gasteiger partial charge < -0.3 is 4.74 Å². The van der Waals surface area contributed by atoms with Crippen LogP contribution in [0.3, 0.4) is 0 Å². The lowest BCUT2D eigenvalue weighted by Gasteiger charge is -2.31. The molecular weight excluding hydrogens is 256 g/mol. The van der Waals surface area contributed by atoms with Gasteiger partial charge in [-0.15, -0.1) is 0 Å². The van der Waals surface area contributed by atoms with Crippen molar-refractivity contribution in [1.82, 2.24) is 0 Å². The lowest BCUT2D eigenvalue weighted by molar-refractivity contribution is 0.0540. The van der Waals surface area contributed by atoms with Crippen LogP contribution in [0, 0.1) is 17.8 Å². The molecule has 0 radical (unpaired) electrons. The first-order valence-corrected chi connectivity index (χ1v) is 9.45. The molecule has 0 aromatic carbocycles. The molecule has 1 heteroatoms. The summed E-state index contributed by atoms with van der Waals surface area (Å²) in [4.78, 5) is 0. The minimum absolute atomic E-state index is 0.564. The third-order valence-corrected chi connectivity index (χ3v) is 6.05. The lowest BCUT2D eigenvalue weighted by Crippen LogP contribution is -2.21. The third-order valence-electron chi connectivity index (χ3n) is 6.05. The van der Waals surface area contributed by atoms with E-state index in [1.54, 1.807) is 0 Å². The Balaban J connectivity index is 1.55. The molecule has 2 fully saturated rings. The number of allylic oxidation sites excluding steroid dienone is 2. The highest BCUT2D eigenvalue weighted by atomic mass is 16.5. The highest BCUT2D eigenvalue weighted by Crippen LogP contribution is 2.36. The molecule has 0 N–H and O–H groups in total. The fourth-order valence-corrected chi connectivity index (χ4v) is 4.44. The zero-order valence-corrected chi connectivity index (χ0v) is 14.4. The second-order valence-corrected chi connectivity index (χ2v) is 7.49. The largest absolute Gasteiger partial charge is 0.381 e. The Morgan fingerprint density at radius 1 is 0.762 bits per heavy atom. The van der Waals surface area contributed by atoms with Gasteiger partial charge in [-0.3, -0.25) is 0 Å². The number of hydrogen-bond donors (Lipinski definition) is 0. The Morgan fingerprint density at radius 2 is 1.24 bits per heavy atom. The number of rotatable bonds is 7. The Kier molecular flexibility index (Phi) is 7.85. The molecule has 0 heterocycles. The summed E-state index contributed by atoms with van der Waals surface area (Å²) in [6.45, 7) is 2.14. The number of hydrogen-bond acceptors (Lipinski definition) is 1. The van der Waals surface area contributed by atoms with Gasteiger partial charge in [0.15, 0.2) is 0 Å². The molecule has 0 aliphatic heterocycles. The van der Waals surface area contributed by atoms with Crippen LogP contribution in [0.25, 0.3) is 0 Å². The molecule has 0 spiro atoms. The summed E-state index contributed by atoms with van der Waals surface area (Å²) in [5.41, 5.74) is 0. The summed E-state index contributed by atoms with van der Waals surface area (Å²) < 4.78 is 5.48. The van der Waals surface area contributed by atoms with E-state index in [2.05, 4.69) is 19.1 Å². The van der Waals surface area contributed by atoms with Crippen molar-refractivity contribution in [3.63, 3.8) is 0 Å². The molecule has 0 bridgehead atoms. The Hall–Kier alpha value is -0.300. The molecule has 21 heavy (non-hydrogen) atoms. The molecule has 0 atom stereocenters. The van der Waals surface area contributed by atoms with Crippen molar-refractivity contribution in [2.75, 3.05) is 7.11 Å². The molecule has 1 nitrogen and oxygen atoms in total. The minimum Gasteiger partial charge on any atom is -0.381 e. The monoisotopic (exact) mass is 292 g/mol. The highest BCUT2D eigenvalue weighted by molar-refractivity contribution is 4.81. The first kappa shape index (κ1) is 17.1. The standard InChI is InChI=1S/C20H36O/c1-3-4-5-6-17-7-9-18(10-8-17)11-12-19-13-15-20(21-2)16-14-19/h3-4,17-20H,5-16H2,1-2H3/b4-3+. The van der Waals surface area contributed by atoms with E-state index in [-0.39, 0.29) is 0 Å². The second-order valence-electron chi connectivity index (χ2n) is 7.49. The average molecular weight is 293 g/mol. The van der Waals surface area contributed by atoms with Gasteiger partial charge in [0, 0.05) is 7.11 Å². The van der Waals surface area contributed by atoms with Crippen LogP contribution in [0.1, 0.15) is 84.0 Å². The molecule has 0 aromatic rings. The Morgan fingerprint density at radius 3 is 1.71 bits per heavy atom. The topological polar surface area (TPSA) is 9.23 Å². The van der Waals surface area contributed by atoms with Crippen molar-refractivity contribution in [1.29, 1.82) is 0 Å². The van der Waals surface area contributed by atoms with E-state index in [9.17, 15) is 0 Å². The predicted octanol–water partition coefficient (Wildman–Crippen LogP) is 6.13. The molecular formula is C20H36O. The van der Waals surface area contributed by atoms with Gasteiger partial charge in [0.1, 0.15) is 0 Å². The van der Waals surface area contributed by atoms with Gasteiger partial charge >= 0.3 is 0 Å². The van der Waals surface area contributed by atoms with E-state index in [0.29, 0.717) is 6.10 Å². The predicted molar refractivity (Wildman–Crippen MR) is 91.5 cm³/mol. The first-order chi connectivity index (χ1) is 10.3. The van der Waals surface area contributed by atoms with Crippen LogP contribution in [0.15, 0.2) is 12.2 Å². The van der Waals surface area contributed by atoms with Crippen LogP contribution >= 0.6 is 0 Å². The average Bonchev–Trinajstić information content (AvgIpc) is 2.55. The lowest BCUT2D eigenvalue weighted by atomic mass is 9.76. The fraction of sp³-hybridized carbons (Fsp3) is 0.900. The van der Waals surface area contributed by atoms with Crippen LogP contribution in [0.4, 0.5) is 0 Å². The summed E-state index contributed by atoms with van der Waals surface area (Å²) in [7, 11) is 1.87. The van der Waals surface area contributed by atoms with Crippen LogP contribution in [0.5, 0.6) is 0 Å². The van der Waals surface area contributed by atoms with E-state index in [1.807, 2.05) is 7.11 Å². The third kappa shape index (κ3) is 6.14. The van der Waals surface area contributed by atoms with E-state index in [0.717, 1.165) is 17.8 Å². The van der Waals surface area contributed by atoms with Crippen molar-refractivity contribution >= 4 is 0 Å². The quantitative estimate of drug-likeness (QED) is 0.512. The number of methoxy groups -OCH3 is 1. The molecule has 2 aliphatic carbocycles. The fourth-order valence-electron chi connectivity index (χ4n) is 4.44. The summed E-state index contributed by atoms with van der Waals surface area (Å²) in [6.07, 6.45) is 22.3. The maximum absolute atomic E-state index is 5.48. The molecule has 2 aliphatic rings. The smallest absolute Gasteiger partial charge is 0.0571 e. The van der Waals surface area contributed by atoms with Gasteiger partial charge in [0.25, 0.3) is 0 Å². The van der Waals surface area contributed by atoms with Crippen molar-refractivity contribution in [3.8, 4) is 0 Å². The van der Waals surface area contributed by atoms with Gasteiger partial charge in [0.05, 0.1) is 6.10 Å². The summed E-state index contributed by atoms with van der Waals surface area (Å²) in [5, 5.41) is 0. The summed E-state index contributed by atoms with van der Waals surface area (Å²) in [5.74, 6) is 3.07. The molecule has 0 unspecified atom stereocenters. The first-order valence-electron chi connectivity index (χ1n) is 9.45. The van der Waals surface area contributed by atoms with Crippen molar-refractivity contribution in [2.24, 2.45) is 17.8 Å². The molecule has 122 valence electrons. The van der Waals surface area contributed by atoms with Gasteiger partial charge in [-0.1, -0.05) is 50.7 Å². The molecule has 2 rings (SSSR count). The van der Waals surface area contributed by atoms with Crippen molar-refractivity contribution in [3.05, 3.63) is 12.2 Å². The van der Waals surface area contributed by atoms with Crippen LogP contribution in [-0.4, -0.2) is 13.2 Å². The molecule has 0 amide bonds. The van der Waals surface area contributed by atoms with Crippen LogP contribution in [-0.2, 0) is 4.74 Å². The van der Waals surface area contributed by atoms with E-state index >= 15 is 0 Å². The number of ether oxygens (including phenoxy) is 1. The molecule has 0 saturated heterocycles. The zero-order valence-electron chi connectivity index (χ0n) is 14.4. The maximum Gasteiger partial charge on any atom is 0.0571 e. The van der Waals surface area contributed by atoms with Gasteiger partial charge in [-0.25, -0.2) is 0 Å². The van der Waals surface area contributed by atoms with Crippen LogP contribution in [0.2, 0.25) is 0 Å². The van der Waals surface area contributed by atoms with Crippen molar-refractivity contribution in [2.45, 2.75) is 90.1 Å². The normalized spacial score (nSPS) is 34.4. The van der Waals surface area contributed by atoms with Gasteiger partial charge in [0.2, 0.25) is 0 Å². The maximum atomic E-state index is 5.48. The Bertz CT molecular complexity index is 280. The van der Waals surface area contributed by atoms with E-state index < -0.39 is 0 Å². The van der Waals surface area contributed by atoms with E-state index in [1.165, 1.54) is 77.0 Å². The van der Waals surface area contributed by atoms with E-state index in [4.69, 9.17) is 4.74 Å². The molecule has 0 aromatic heterocycles. The summed E-state index contributed by atoms with van der Waals surface area (Å²) in [6, 6.07) is 0. The minimum atomic E-state index is 0.564. The molecule has 2 saturated carbocycles. The van der Waals surface area contributed by atoms with Crippen molar-refractivity contribution < 1.29 is 4.74 Å². The SMILES string of the molecule is C/C=C/CCC1CCC(CCC2CCC(OC)CC2)CC1. The highest BCUT2D eigenvalue weighted by Gasteiger charge is 2.24. The van der Waals surface area contributed by atoms with Crippen LogP contribution < -0.4 is 0 Å². The summed E-state index contributed by atoms with van der Waals surface area (Å²) >= 11 is 0. The zero-order chi connectivity index (χ0) is 14.9. The Labute approximate surface area is 132 Å². The second kappa shape index (κ2) is 9.66. The van der Waals surface area contributed by atoms with Gasteiger partial charge in [-0.05, 0) is 63.2 Å². The van der Waals surface area contributed by atoms with Gasteiger partial charge in [-0.2, -0.15) is 0 Å².